The van der Waals surface area contributed by atoms with Crippen molar-refractivity contribution in [1.82, 2.24) is 59.3 Å². The molecule has 0 radical (unpaired) electrons. The van der Waals surface area contributed by atoms with Crippen molar-refractivity contribution >= 4 is 80.2 Å². The topological polar surface area (TPSA) is 149 Å². The van der Waals surface area contributed by atoms with Crippen LogP contribution in [0.5, 0.6) is 0 Å². The maximum absolute atomic E-state index is 16.1. The second-order valence-corrected chi connectivity index (χ2v) is 23.4. The van der Waals surface area contributed by atoms with Gasteiger partial charge in [-0.05, 0) is 111 Å². The molecule has 6 aromatic heterocycles. The number of carbonyl (C=O) groups excluding carboxylic acids is 1. The third kappa shape index (κ3) is 11.6. The molecule has 1 amide bonds. The molecule has 10 heterocycles. The van der Waals surface area contributed by atoms with Gasteiger partial charge in [0.25, 0.3) is 5.91 Å². The van der Waals surface area contributed by atoms with Crippen molar-refractivity contribution in [3.63, 3.8) is 0 Å². The molecule has 15 nitrogen and oxygen atoms in total. The Kier molecular flexibility index (Phi) is 18.8. The van der Waals surface area contributed by atoms with Crippen molar-refractivity contribution < 1.29 is 33.9 Å². The number of amides is 1. The molecule has 2 N–H and O–H groups in total. The van der Waals surface area contributed by atoms with E-state index < -0.39 is 5.82 Å². The summed E-state index contributed by atoms with van der Waals surface area (Å²) in [7, 11) is 0. The summed E-state index contributed by atoms with van der Waals surface area (Å²) in [6.45, 7) is 15.7. The molecule has 87 heavy (non-hydrogen) atoms. The molecular weight excluding hydrogens is 1150 g/mol. The second-order valence-electron chi connectivity index (χ2n) is 22.6. The summed E-state index contributed by atoms with van der Waals surface area (Å²) in [6, 6.07) is 19.3. The minimum Gasteiger partial charge on any atom is -1.00 e. The van der Waals surface area contributed by atoms with Gasteiger partial charge >= 0.3 is 18.9 Å². The fourth-order valence-corrected chi connectivity index (χ4v) is 13.7. The van der Waals surface area contributed by atoms with Crippen LogP contribution in [0.1, 0.15) is 115 Å². The van der Waals surface area contributed by atoms with Crippen molar-refractivity contribution in [3.8, 4) is 33.9 Å². The summed E-state index contributed by atoms with van der Waals surface area (Å²) in [4.78, 5) is 46.6. The SMILES string of the molecule is CCc1cccc(CC)c1-n1nc2c(c1-c1c(F)cc(Cl)c3[nH]ccc13)CN(c1ncc(C(=O)N3CCCC3)cn1)CC2.CCc1cccc(CC)c1-n1nc2c(c1-c1c(F)cc(Cl)c3[nH]ccc13)CN(c1ncc(CN3CCCC3)cn1)CC2.[AlH3].[H-].[Li+]. The number of likely N-dealkylation sites (tertiary alicyclic amines) is 2. The Balaban J connectivity index is 0.000000188. The van der Waals surface area contributed by atoms with Crippen LogP contribution in [0.15, 0.2) is 97.8 Å². The monoisotopic (exact) mass is 1220 g/mol. The van der Waals surface area contributed by atoms with Crippen molar-refractivity contribution in [1.29, 1.82) is 0 Å². The van der Waals surface area contributed by atoms with E-state index in [9.17, 15) is 4.79 Å². The summed E-state index contributed by atoms with van der Waals surface area (Å²) < 4.78 is 36.2. The fourth-order valence-electron chi connectivity index (χ4n) is 13.2. The predicted octanol–water partition coefficient (Wildman–Crippen LogP) is 9.35. The average molecular weight is 1220 g/mol. The number of nitrogens with one attached hydrogen (secondary N) is 2. The van der Waals surface area contributed by atoms with Gasteiger partial charge in [0, 0.05) is 134 Å². The van der Waals surface area contributed by atoms with Crippen LogP contribution >= 0.6 is 23.2 Å². The standard InChI is InChI=1S/C33H33ClFN7O.C33H35ClFN7.Al.Li.4H/c1-3-20-8-7-9-21(4-2)30(20)42-31(28-23-10-12-36-29(23)25(34)16-26(28)35)24-19-41(15-11-27(24)39-42)33-37-17-22(18-38-33)32(43)40-13-5-6-14-40;1-3-22-8-7-9-23(4-2)31(22)42-32(29-24-10-12-36-30(24)26(34)16-27(29)35)25-20-41(15-11-28(25)39-42)33-37-17-21(18-38-33)19-40-13-5-6-14-40;;;;;;/h7-10,12,16-18,36H,3-6,11,13-15,19H2,1-2H3;7-10,12,16-18,36H,3-6,11,13-15,19-20H2,1-2H3;;;;;;/q;;;+1;;;;-1. The zero-order chi connectivity index (χ0) is 58.5. The van der Waals surface area contributed by atoms with Crippen LogP contribution in [0.2, 0.25) is 10.0 Å². The molecule has 0 aliphatic carbocycles. The Morgan fingerprint density at radius 3 is 1.43 bits per heavy atom. The number of hydrogen-bond donors (Lipinski definition) is 2. The number of hydrogen-bond acceptors (Lipinski definition) is 10. The Morgan fingerprint density at radius 2 is 1.00 bits per heavy atom. The van der Waals surface area contributed by atoms with E-state index in [0.717, 1.165) is 157 Å². The van der Waals surface area contributed by atoms with Gasteiger partial charge in [-0.1, -0.05) is 87.3 Å². The van der Waals surface area contributed by atoms with E-state index >= 15 is 8.78 Å². The van der Waals surface area contributed by atoms with E-state index in [1.807, 2.05) is 45.0 Å². The number of anilines is 2. The molecule has 0 atom stereocenters. The third-order valence-corrected chi connectivity index (χ3v) is 18.1. The molecule has 21 heteroatoms. The van der Waals surface area contributed by atoms with E-state index in [-0.39, 0.29) is 49.4 Å². The first-order chi connectivity index (χ1) is 41.5. The number of benzene rings is 4. The van der Waals surface area contributed by atoms with Gasteiger partial charge in [-0.2, -0.15) is 10.2 Å². The number of aryl methyl sites for hydroxylation is 4. The van der Waals surface area contributed by atoms with Gasteiger partial charge < -0.3 is 26.1 Å². The molecule has 444 valence electrons. The molecule has 0 spiro atoms. The zero-order valence-electron chi connectivity index (χ0n) is 50.5. The Labute approximate surface area is 539 Å². The molecule has 4 aliphatic rings. The van der Waals surface area contributed by atoms with E-state index in [4.69, 9.17) is 43.4 Å². The summed E-state index contributed by atoms with van der Waals surface area (Å²) in [6.07, 6.45) is 20.0. The zero-order valence-corrected chi connectivity index (χ0v) is 51.0. The van der Waals surface area contributed by atoms with E-state index in [0.29, 0.717) is 75.6 Å². The molecule has 2 saturated heterocycles. The van der Waals surface area contributed by atoms with Gasteiger partial charge in [0.1, 0.15) is 11.6 Å². The number of aromatic amines is 2. The van der Waals surface area contributed by atoms with E-state index in [1.165, 1.54) is 36.1 Å². The predicted molar refractivity (Wildman–Crippen MR) is 343 cm³/mol. The van der Waals surface area contributed by atoms with Crippen LogP contribution in [0.3, 0.4) is 0 Å². The van der Waals surface area contributed by atoms with E-state index in [1.54, 1.807) is 18.6 Å². The first-order valence-electron chi connectivity index (χ1n) is 30.0. The van der Waals surface area contributed by atoms with Crippen molar-refractivity contribution in [2.45, 2.75) is 112 Å². The van der Waals surface area contributed by atoms with Gasteiger partial charge in [0.05, 0.1) is 60.8 Å². The quantitative estimate of drug-likeness (QED) is 0.107. The van der Waals surface area contributed by atoms with Crippen molar-refractivity contribution in [3.05, 3.63) is 175 Å². The maximum atomic E-state index is 16.1. The minimum atomic E-state index is -0.397. The minimum absolute atomic E-state index is 0. The van der Waals surface area contributed by atoms with Crippen LogP contribution in [-0.2, 0) is 58.2 Å². The molecule has 0 bridgehead atoms. The van der Waals surface area contributed by atoms with Gasteiger partial charge in [0.2, 0.25) is 11.9 Å². The molecule has 4 aliphatic heterocycles. The summed E-state index contributed by atoms with van der Waals surface area (Å²) in [5, 5.41) is 12.5. The molecular formula is C66H72AlCl2F2LiN14O. The maximum Gasteiger partial charge on any atom is 1.00 e. The summed E-state index contributed by atoms with van der Waals surface area (Å²) >= 11 is 12.9. The number of H-pyrrole nitrogens is 2. The number of halogens is 4. The fraction of sp³-hybridized carbons (Fsp3) is 0.348. The Morgan fingerprint density at radius 1 is 0.586 bits per heavy atom. The molecule has 4 aromatic carbocycles. The Hall–Kier alpha value is -6.86. The number of rotatable bonds is 13. The summed E-state index contributed by atoms with van der Waals surface area (Å²) in [5.41, 5.74) is 16.1. The molecule has 14 rings (SSSR count). The Bertz CT molecular complexity index is 4100. The number of carbonyl (C=O) groups is 1. The van der Waals surface area contributed by atoms with Crippen LogP contribution in [0.4, 0.5) is 20.7 Å². The van der Waals surface area contributed by atoms with Crippen LogP contribution < -0.4 is 28.7 Å². The summed E-state index contributed by atoms with van der Waals surface area (Å²) in [5.74, 6) is 0.447. The number of para-hydroxylation sites is 2. The van der Waals surface area contributed by atoms with E-state index in [2.05, 4.69) is 98.7 Å². The molecule has 0 saturated carbocycles. The second kappa shape index (κ2) is 26.5. The number of aromatic nitrogens is 10. The largest absolute Gasteiger partial charge is 1.00 e. The smallest absolute Gasteiger partial charge is 1.00 e. The molecule has 2 fully saturated rings. The van der Waals surface area contributed by atoms with Crippen LogP contribution in [0, 0.1) is 11.6 Å². The van der Waals surface area contributed by atoms with Crippen molar-refractivity contribution in [2.75, 3.05) is 49.1 Å². The first-order valence-corrected chi connectivity index (χ1v) is 30.8. The van der Waals surface area contributed by atoms with Crippen molar-refractivity contribution in [2.24, 2.45) is 0 Å². The van der Waals surface area contributed by atoms with Crippen LogP contribution in [-0.4, -0.2) is 122 Å². The van der Waals surface area contributed by atoms with Gasteiger partial charge in [-0.25, -0.2) is 38.1 Å². The third-order valence-electron chi connectivity index (χ3n) is 17.5. The van der Waals surface area contributed by atoms with Gasteiger partial charge in [0.15, 0.2) is 17.4 Å². The molecule has 10 aromatic rings. The number of nitrogens with zero attached hydrogens (tertiary/aromatic N) is 12. The molecule has 0 unspecified atom stereocenters. The normalized spacial score (nSPS) is 14.9. The first kappa shape index (κ1) is 61.8. The van der Waals surface area contributed by atoms with Gasteiger partial charge in [-0.3, -0.25) is 9.69 Å². The van der Waals surface area contributed by atoms with Gasteiger partial charge in [-0.15, -0.1) is 0 Å². The number of fused-ring (bicyclic) bond motifs is 4. The average Bonchev–Trinajstić information content (AvgIpc) is 1.61. The van der Waals surface area contributed by atoms with Crippen LogP contribution in [0.25, 0.3) is 55.7 Å².